The van der Waals surface area contributed by atoms with Crippen molar-refractivity contribution in [1.82, 2.24) is 60.0 Å². The molecule has 0 aromatic rings. The summed E-state index contributed by atoms with van der Waals surface area (Å²) in [4.78, 5) is 109. The Balaban J connectivity index is -0.000000329. The fourth-order valence-corrected chi connectivity index (χ4v) is 9.56. The average Bonchev–Trinajstić information content (AvgIpc) is 0.943. The van der Waals surface area contributed by atoms with E-state index in [0.29, 0.717) is 45.0 Å². The highest BCUT2D eigenvalue weighted by Crippen LogP contribution is 2.16. The smallest absolute Gasteiger partial charge is 0.323 e. The van der Waals surface area contributed by atoms with Crippen LogP contribution in [0.2, 0.25) is 0 Å². The van der Waals surface area contributed by atoms with Gasteiger partial charge in [0.15, 0.2) is 0 Å². The number of ketones is 1. The number of hydrogen-bond donors (Lipinski definition) is 14. The molecule has 100 heavy (non-hydrogen) atoms. The number of carbonyl (C=O) groups is 9. The largest absolute Gasteiger partial charge is 0.481 e. The fourth-order valence-electron chi connectivity index (χ4n) is 8.54. The second kappa shape index (κ2) is 60.1. The Morgan fingerprint density at radius 2 is 0.990 bits per heavy atom. The molecule has 0 saturated carbocycles. The highest BCUT2D eigenvalue weighted by Gasteiger charge is 2.30. The maximum absolute atomic E-state index is 10.6. The maximum Gasteiger partial charge on any atom is 0.323 e. The Kier molecular flexibility index (Phi) is 62.0. The minimum absolute atomic E-state index is 0.0417. The lowest BCUT2D eigenvalue weighted by Crippen LogP contribution is -2.47. The third-order valence-corrected chi connectivity index (χ3v) is 16.0. The molecule has 39 nitrogen and oxygen atoms in total. The zero-order chi connectivity index (χ0) is 78.5. The van der Waals surface area contributed by atoms with E-state index in [0.717, 1.165) is 90.8 Å². The SMILES string of the molecule is CN(C)CC(=O)O.CN(C)CS(=O)(=O)O.CN1CC(C(=O)O)C1.CN1CCC(=O)CC1.CN1CCC(C(=O)O)CC1.CN1CCCCC1C(=O)O.CN1CCOCC1C(=O)O.CN1COCC1C(=O)O.CNC(CO)C(=O)O.CNCC(=O)O.CNCS(=O)(=O)O.COC1CCN(C)CC1. The second-order valence-electron chi connectivity index (χ2n) is 24.4. The predicted molar refractivity (Wildman–Crippen MR) is 369 cm³/mol. The van der Waals surface area contributed by atoms with Gasteiger partial charge in [0.1, 0.15) is 41.7 Å². The van der Waals surface area contributed by atoms with Crippen LogP contribution in [0, 0.1) is 11.8 Å². The van der Waals surface area contributed by atoms with E-state index < -0.39 is 86.1 Å². The van der Waals surface area contributed by atoms with Gasteiger partial charge in [0.25, 0.3) is 20.2 Å². The van der Waals surface area contributed by atoms with Gasteiger partial charge >= 0.3 is 47.8 Å². The molecular formula is C59H122N12O27S2. The molecule has 4 unspecified atom stereocenters. The number of methoxy groups -OCH3 is 1. The van der Waals surface area contributed by atoms with E-state index in [2.05, 4.69) is 37.7 Å². The lowest BCUT2D eigenvalue weighted by Gasteiger charge is -2.32. The van der Waals surface area contributed by atoms with Crippen molar-refractivity contribution in [3.8, 4) is 0 Å². The van der Waals surface area contributed by atoms with Gasteiger partial charge in [-0.3, -0.25) is 76.8 Å². The number of carboxylic acids is 8. The van der Waals surface area contributed by atoms with Crippen molar-refractivity contribution >= 4 is 73.8 Å². The van der Waals surface area contributed by atoms with Crippen LogP contribution in [0.3, 0.4) is 0 Å². The van der Waals surface area contributed by atoms with Gasteiger partial charge in [0, 0.05) is 65.8 Å². The molecule has 592 valence electrons. The first kappa shape index (κ1) is 103. The number of likely N-dealkylation sites (tertiary alicyclic amines) is 5. The summed E-state index contributed by atoms with van der Waals surface area (Å²) in [6.45, 7) is 10.7. The van der Waals surface area contributed by atoms with Crippen LogP contribution >= 0.6 is 0 Å². The number of aliphatic carboxylic acids is 8. The molecular weight excluding hydrogens is 1370 g/mol. The average molecular weight is 1500 g/mol. The lowest BCUT2D eigenvalue weighted by molar-refractivity contribution is -0.149. The number of nitrogens with zero attached hydrogens (tertiary/aromatic N) is 9. The molecule has 41 heteroatoms. The second-order valence-corrected chi connectivity index (χ2v) is 27.3. The van der Waals surface area contributed by atoms with Crippen molar-refractivity contribution in [2.45, 2.75) is 88.1 Å². The summed E-state index contributed by atoms with van der Waals surface area (Å²) in [6.07, 6.45) is 9.08. The number of Topliss-reactive ketones (excluding diaryl/α,β-unsaturated/α-hetero) is 1. The van der Waals surface area contributed by atoms with Crippen molar-refractivity contribution in [2.75, 3.05) is 229 Å². The Hall–Kier alpha value is -5.39. The third-order valence-electron chi connectivity index (χ3n) is 14.5. The lowest BCUT2D eigenvalue weighted by atomic mass is 9.98. The summed E-state index contributed by atoms with van der Waals surface area (Å²) >= 11 is 0. The van der Waals surface area contributed by atoms with Gasteiger partial charge in [-0.15, -0.1) is 0 Å². The number of nitrogens with one attached hydrogen (secondary N) is 3. The molecule has 7 rings (SSSR count). The highest BCUT2D eigenvalue weighted by molar-refractivity contribution is 7.85. The number of piperidine rings is 4. The molecule has 7 heterocycles. The zero-order valence-electron chi connectivity index (χ0n) is 61.1. The Morgan fingerprint density at radius 3 is 1.20 bits per heavy atom. The number of aliphatic hydroxyl groups excluding tert-OH is 1. The molecule has 0 aromatic carbocycles. The first-order valence-corrected chi connectivity index (χ1v) is 35.1. The van der Waals surface area contributed by atoms with E-state index in [9.17, 15) is 60.0 Å². The van der Waals surface area contributed by atoms with E-state index in [1.165, 1.54) is 44.9 Å². The number of likely N-dealkylation sites (N-methyl/N-ethyl adjacent to an activating group) is 6. The minimum atomic E-state index is -3.80. The molecule has 7 fully saturated rings. The quantitative estimate of drug-likeness (QED) is 0.0626. The minimum Gasteiger partial charge on any atom is -0.481 e. The molecule has 7 saturated heterocycles. The van der Waals surface area contributed by atoms with Crippen molar-refractivity contribution < 1.29 is 129 Å². The van der Waals surface area contributed by atoms with Crippen LogP contribution in [0.5, 0.6) is 0 Å². The van der Waals surface area contributed by atoms with Crippen LogP contribution in [-0.2, 0) is 77.6 Å². The summed E-state index contributed by atoms with van der Waals surface area (Å²) in [5.74, 6) is -6.69. The summed E-state index contributed by atoms with van der Waals surface area (Å²) in [5.41, 5.74) is 0. The van der Waals surface area contributed by atoms with Crippen LogP contribution in [0.1, 0.15) is 57.8 Å². The first-order valence-electron chi connectivity index (χ1n) is 31.9. The number of carbonyl (C=O) groups excluding carboxylic acids is 1. The fraction of sp³-hybridized carbons (Fsp3) is 0.847. The summed E-state index contributed by atoms with van der Waals surface area (Å²) in [5, 5.41) is 82.1. The summed E-state index contributed by atoms with van der Waals surface area (Å²) < 4.78 is 70.5. The topological polar surface area (TPSA) is 537 Å². The van der Waals surface area contributed by atoms with Gasteiger partial charge in [-0.05, 0) is 157 Å². The van der Waals surface area contributed by atoms with E-state index in [4.69, 9.17) is 69.3 Å². The number of carboxylic acid groups (broad SMARTS) is 8. The van der Waals surface area contributed by atoms with Crippen molar-refractivity contribution in [3.63, 3.8) is 0 Å². The predicted octanol–water partition coefficient (Wildman–Crippen LogP) is -3.61. The van der Waals surface area contributed by atoms with Crippen LogP contribution in [-0.4, -0.2) is 429 Å². The third kappa shape index (κ3) is 63.5. The van der Waals surface area contributed by atoms with Gasteiger partial charge in [0.05, 0.1) is 64.2 Å². The molecule has 0 bridgehead atoms. The molecule has 0 aliphatic carbocycles. The van der Waals surface area contributed by atoms with E-state index in [-0.39, 0.29) is 49.3 Å². The zero-order valence-corrected chi connectivity index (χ0v) is 62.8. The number of aliphatic hydroxyl groups is 1. The van der Waals surface area contributed by atoms with Crippen molar-refractivity contribution in [2.24, 2.45) is 11.8 Å². The van der Waals surface area contributed by atoms with E-state index >= 15 is 0 Å². The van der Waals surface area contributed by atoms with E-state index in [1.54, 1.807) is 71.1 Å². The van der Waals surface area contributed by atoms with Crippen molar-refractivity contribution in [1.29, 1.82) is 0 Å². The number of ether oxygens (including phenoxy) is 3. The van der Waals surface area contributed by atoms with Crippen LogP contribution in [0.25, 0.3) is 0 Å². The Morgan fingerprint density at radius 1 is 0.540 bits per heavy atom. The van der Waals surface area contributed by atoms with Gasteiger partial charge in [0.2, 0.25) is 0 Å². The molecule has 0 radical (unpaired) electrons. The number of morpholine rings is 1. The monoisotopic (exact) mass is 1490 g/mol. The van der Waals surface area contributed by atoms with Crippen LogP contribution in [0.15, 0.2) is 0 Å². The molecule has 0 spiro atoms. The molecule has 0 amide bonds. The van der Waals surface area contributed by atoms with E-state index in [1.807, 2.05) is 38.0 Å². The summed E-state index contributed by atoms with van der Waals surface area (Å²) in [6, 6.07) is -1.94. The Bertz CT molecular complexity index is 2430. The maximum atomic E-state index is 10.6. The first-order chi connectivity index (χ1) is 46.2. The van der Waals surface area contributed by atoms with Gasteiger partial charge < -0.3 is 95.7 Å². The molecule has 14 N–H and O–H groups in total. The normalized spacial score (nSPS) is 20.5. The summed E-state index contributed by atoms with van der Waals surface area (Å²) in [7, 11) is 18.8. The molecule has 7 aliphatic rings. The van der Waals surface area contributed by atoms with Crippen LogP contribution in [0.4, 0.5) is 0 Å². The molecule has 4 atom stereocenters. The van der Waals surface area contributed by atoms with Gasteiger partial charge in [-0.2, -0.15) is 16.8 Å². The number of rotatable bonds is 17. The highest BCUT2D eigenvalue weighted by atomic mass is 32.2. The van der Waals surface area contributed by atoms with Gasteiger partial charge in [-0.25, -0.2) is 0 Å². The molecule has 7 aliphatic heterocycles. The van der Waals surface area contributed by atoms with Crippen molar-refractivity contribution in [3.05, 3.63) is 0 Å². The number of hydrogen-bond acceptors (Lipinski definition) is 29. The standard InChI is InChI=1S/2C7H13NO2.C7H15NO.C6H11NO3.C6H11NO.C5H9NO3.C5H9NO2.C4H9NO3.C4H9NO2.C3H9NO3S.C3H7NO2.C2H7NO3S/c1-8-4-2-6(3-5-8)7(9)10;1-8-5-3-2-4-6(8)7(9)10;1-8-5-3-7(9-2)4-6-8;1-7-2-3-10-4-5(7)6(8)9;1-7-4-2-6(8)3-5-7;1-6-3-9-2-4(6)5(7)8;1-6-2-4(3-6)5(7)8;1-5-3(2-6)4(7)8;1-5(2)3-4(6)7;1-4(2)3-8(5,6)7;1-4-2-3(5)6;1-3-2-7(4,5)6/h2*6H,2-5H2,1H3,(H,9,10);7H,3-6H2,1-2H3;5H,2-4H2,1H3,(H,8,9);2-5H2,1H3;4H,2-3H2,1H3,(H,7,8);4H,2-3H2,1H3,(H,7,8);3,5-6H,2H2,1H3,(H,7,8);3H2,1-2H3,(H,6,7);3H2,1-2H3,(H,5,6,7);4H,2H2,1H3,(H,5,6);3H,2H2,1H3,(H,4,5,6). The van der Waals surface area contributed by atoms with Gasteiger partial charge in [-0.1, -0.05) is 6.42 Å². The molecule has 0 aromatic heterocycles. The van der Waals surface area contributed by atoms with Crippen LogP contribution < -0.4 is 16.0 Å². The Labute approximate surface area is 590 Å².